The summed E-state index contributed by atoms with van der Waals surface area (Å²) in [6.07, 6.45) is 0. The van der Waals surface area contributed by atoms with E-state index in [1.54, 1.807) is 13.8 Å². The summed E-state index contributed by atoms with van der Waals surface area (Å²) in [5.74, 6) is 0.514. The van der Waals surface area contributed by atoms with Crippen molar-refractivity contribution in [2.24, 2.45) is 0 Å². The van der Waals surface area contributed by atoms with Crippen LogP contribution < -0.4 is 5.73 Å². The average molecular weight is 231 g/mol. The van der Waals surface area contributed by atoms with Gasteiger partial charge in [0.05, 0.1) is 5.52 Å². The molecule has 0 spiro atoms. The second kappa shape index (κ2) is 3.13. The van der Waals surface area contributed by atoms with Gasteiger partial charge in [0.2, 0.25) is 5.95 Å². The largest absolute Gasteiger partial charge is 0.368 e. The molecular weight excluding hydrogens is 221 g/mol. The van der Waals surface area contributed by atoms with E-state index in [0.29, 0.717) is 22.4 Å². The molecule has 1 aromatic carbocycles. The summed E-state index contributed by atoms with van der Waals surface area (Å²) in [4.78, 5) is 8.48. The molecule has 6 heteroatoms. The first-order chi connectivity index (χ1) is 8.06. The predicted octanol–water partition coefficient (Wildman–Crippen LogP) is 1.62. The molecule has 0 aliphatic heterocycles. The van der Waals surface area contributed by atoms with E-state index >= 15 is 0 Å². The highest BCUT2D eigenvalue weighted by molar-refractivity contribution is 5.94. The van der Waals surface area contributed by atoms with Crippen molar-refractivity contribution in [3.63, 3.8) is 0 Å². The lowest BCUT2D eigenvalue weighted by Crippen LogP contribution is -2.03. The Morgan fingerprint density at radius 2 is 2.00 bits per heavy atom. The number of halogens is 1. The first kappa shape index (κ1) is 9.95. The number of rotatable bonds is 0. The monoisotopic (exact) mass is 231 g/mol. The number of nitrogen functional groups attached to an aromatic ring is 1. The molecule has 5 nitrogen and oxygen atoms in total. The minimum absolute atomic E-state index is 0.253. The zero-order chi connectivity index (χ0) is 12.2. The van der Waals surface area contributed by atoms with Gasteiger partial charge in [-0.05, 0) is 31.5 Å². The van der Waals surface area contributed by atoms with E-state index in [9.17, 15) is 4.39 Å². The Bertz CT molecular complexity index is 747. The Balaban J connectivity index is 2.62. The topological polar surface area (TPSA) is 69.1 Å². The first-order valence-electron chi connectivity index (χ1n) is 5.15. The molecule has 0 aliphatic carbocycles. The van der Waals surface area contributed by atoms with Crippen molar-refractivity contribution in [1.29, 1.82) is 0 Å². The second-order valence-corrected chi connectivity index (χ2v) is 3.98. The molecule has 86 valence electrons. The van der Waals surface area contributed by atoms with E-state index < -0.39 is 0 Å². The zero-order valence-electron chi connectivity index (χ0n) is 9.40. The molecule has 0 fully saturated rings. The van der Waals surface area contributed by atoms with Gasteiger partial charge < -0.3 is 5.73 Å². The summed E-state index contributed by atoms with van der Waals surface area (Å²) in [6, 6.07) is 2.83. The summed E-state index contributed by atoms with van der Waals surface area (Å²) in [7, 11) is 0. The summed E-state index contributed by atoms with van der Waals surface area (Å²) in [5.41, 5.74) is 7.72. The van der Waals surface area contributed by atoms with Crippen molar-refractivity contribution in [1.82, 2.24) is 19.6 Å². The van der Waals surface area contributed by atoms with E-state index in [1.807, 2.05) is 0 Å². The normalized spacial score (nSPS) is 11.5. The first-order valence-corrected chi connectivity index (χ1v) is 5.15. The van der Waals surface area contributed by atoms with Gasteiger partial charge in [-0.15, -0.1) is 5.10 Å². The predicted molar refractivity (Wildman–Crippen MR) is 62.1 cm³/mol. The van der Waals surface area contributed by atoms with Crippen LogP contribution in [0.1, 0.15) is 11.4 Å². The minimum atomic E-state index is -0.316. The number of aryl methyl sites for hydroxylation is 2. The number of nitrogens with two attached hydrogens (primary N) is 1. The number of fused-ring (bicyclic) bond motifs is 3. The zero-order valence-corrected chi connectivity index (χ0v) is 9.40. The van der Waals surface area contributed by atoms with Crippen LogP contribution >= 0.6 is 0 Å². The van der Waals surface area contributed by atoms with Crippen LogP contribution in [-0.4, -0.2) is 19.6 Å². The van der Waals surface area contributed by atoms with Gasteiger partial charge in [0.25, 0.3) is 0 Å². The maximum atomic E-state index is 13.4. The van der Waals surface area contributed by atoms with Crippen molar-refractivity contribution < 1.29 is 4.39 Å². The fourth-order valence-corrected chi connectivity index (χ4v) is 1.97. The molecule has 0 unspecified atom stereocenters. The Labute approximate surface area is 96.1 Å². The third-order valence-electron chi connectivity index (χ3n) is 2.66. The maximum absolute atomic E-state index is 13.4. The van der Waals surface area contributed by atoms with Crippen LogP contribution in [0.4, 0.5) is 10.3 Å². The van der Waals surface area contributed by atoms with E-state index in [-0.39, 0.29) is 11.8 Å². The third-order valence-corrected chi connectivity index (χ3v) is 2.66. The SMILES string of the molecule is Cc1nc2c3cc(F)cc(C)c3nc(N)n2n1. The number of hydrogen-bond acceptors (Lipinski definition) is 4. The standard InChI is InChI=1S/C11H10FN5/c1-5-3-7(12)4-8-9(5)15-11(13)17-10(8)14-6(2)16-17/h3-4H,1-2H3,(H2,13,15). The van der Waals surface area contributed by atoms with Gasteiger partial charge in [0.15, 0.2) is 5.65 Å². The Morgan fingerprint density at radius 3 is 2.76 bits per heavy atom. The highest BCUT2D eigenvalue weighted by atomic mass is 19.1. The highest BCUT2D eigenvalue weighted by Crippen LogP contribution is 2.23. The van der Waals surface area contributed by atoms with Crippen LogP contribution in [0.5, 0.6) is 0 Å². The van der Waals surface area contributed by atoms with Crippen molar-refractivity contribution >= 4 is 22.5 Å². The van der Waals surface area contributed by atoms with Gasteiger partial charge in [-0.3, -0.25) is 0 Å². The van der Waals surface area contributed by atoms with Crippen LogP contribution in [-0.2, 0) is 0 Å². The van der Waals surface area contributed by atoms with Crippen LogP contribution in [0, 0.1) is 19.7 Å². The number of aromatic nitrogens is 4. The Hall–Kier alpha value is -2.24. The second-order valence-electron chi connectivity index (χ2n) is 3.98. The van der Waals surface area contributed by atoms with E-state index in [0.717, 1.165) is 5.56 Å². The van der Waals surface area contributed by atoms with Crippen molar-refractivity contribution in [3.05, 3.63) is 29.3 Å². The fraction of sp³-hybridized carbons (Fsp3) is 0.182. The summed E-state index contributed by atoms with van der Waals surface area (Å²) in [6.45, 7) is 3.54. The van der Waals surface area contributed by atoms with E-state index in [2.05, 4.69) is 15.1 Å². The molecule has 0 radical (unpaired) electrons. The molecule has 0 saturated carbocycles. The molecular formula is C11H10FN5. The lowest BCUT2D eigenvalue weighted by molar-refractivity contribution is 0.628. The molecule has 0 bridgehead atoms. The Kier molecular flexibility index (Phi) is 1.83. The molecule has 2 heterocycles. The molecule has 0 atom stereocenters. The van der Waals surface area contributed by atoms with Crippen LogP contribution in [0.25, 0.3) is 16.6 Å². The molecule has 0 amide bonds. The van der Waals surface area contributed by atoms with Gasteiger partial charge in [-0.1, -0.05) is 0 Å². The summed E-state index contributed by atoms with van der Waals surface area (Å²) >= 11 is 0. The smallest absolute Gasteiger partial charge is 0.223 e. The average Bonchev–Trinajstić information content (AvgIpc) is 2.63. The summed E-state index contributed by atoms with van der Waals surface area (Å²) < 4.78 is 14.8. The number of benzene rings is 1. The molecule has 2 N–H and O–H groups in total. The minimum Gasteiger partial charge on any atom is -0.368 e. The van der Waals surface area contributed by atoms with Crippen molar-refractivity contribution in [2.75, 3.05) is 5.73 Å². The number of hydrogen-bond donors (Lipinski definition) is 1. The van der Waals surface area contributed by atoms with Gasteiger partial charge in [0.1, 0.15) is 11.6 Å². The van der Waals surface area contributed by atoms with Gasteiger partial charge >= 0.3 is 0 Å². The molecule has 3 rings (SSSR count). The van der Waals surface area contributed by atoms with Gasteiger partial charge in [-0.2, -0.15) is 4.52 Å². The lowest BCUT2D eigenvalue weighted by atomic mass is 10.1. The molecule has 3 aromatic rings. The summed E-state index contributed by atoms with van der Waals surface area (Å²) in [5, 5.41) is 4.74. The molecule has 0 aliphatic rings. The number of anilines is 1. The fourth-order valence-electron chi connectivity index (χ4n) is 1.97. The lowest BCUT2D eigenvalue weighted by Gasteiger charge is -2.05. The van der Waals surface area contributed by atoms with Crippen molar-refractivity contribution in [3.8, 4) is 0 Å². The van der Waals surface area contributed by atoms with Crippen LogP contribution in [0.2, 0.25) is 0 Å². The Morgan fingerprint density at radius 1 is 1.24 bits per heavy atom. The highest BCUT2D eigenvalue weighted by Gasteiger charge is 2.12. The quantitative estimate of drug-likeness (QED) is 0.638. The molecule has 0 saturated heterocycles. The molecule has 17 heavy (non-hydrogen) atoms. The molecule has 2 aromatic heterocycles. The number of nitrogens with zero attached hydrogens (tertiary/aromatic N) is 4. The van der Waals surface area contributed by atoms with Crippen LogP contribution in [0.15, 0.2) is 12.1 Å². The van der Waals surface area contributed by atoms with E-state index in [1.165, 1.54) is 16.6 Å². The van der Waals surface area contributed by atoms with E-state index in [4.69, 9.17) is 5.73 Å². The van der Waals surface area contributed by atoms with Crippen LogP contribution in [0.3, 0.4) is 0 Å². The van der Waals surface area contributed by atoms with Crippen molar-refractivity contribution in [2.45, 2.75) is 13.8 Å². The maximum Gasteiger partial charge on any atom is 0.223 e. The third kappa shape index (κ3) is 1.33. The van der Waals surface area contributed by atoms with Gasteiger partial charge in [-0.25, -0.2) is 14.4 Å². The van der Waals surface area contributed by atoms with Gasteiger partial charge in [0, 0.05) is 5.39 Å².